The van der Waals surface area contributed by atoms with Gasteiger partial charge in [-0.1, -0.05) is 6.08 Å². The number of benzene rings is 1. The molecule has 0 spiro atoms. The van der Waals surface area contributed by atoms with Crippen LogP contribution < -0.4 is 4.90 Å². The van der Waals surface area contributed by atoms with Crippen molar-refractivity contribution in [2.24, 2.45) is 0 Å². The zero-order chi connectivity index (χ0) is 15.5. The van der Waals surface area contributed by atoms with Crippen LogP contribution in [0.4, 0.5) is 11.4 Å². The first-order chi connectivity index (χ1) is 9.18. The summed E-state index contributed by atoms with van der Waals surface area (Å²) in [7, 11) is 0. The first kappa shape index (κ1) is 15.7. The van der Waals surface area contributed by atoms with Gasteiger partial charge in [-0.05, 0) is 26.8 Å². The molecule has 0 aliphatic carbocycles. The van der Waals surface area contributed by atoms with Crippen LogP contribution in [0, 0.1) is 10.1 Å². The van der Waals surface area contributed by atoms with E-state index >= 15 is 0 Å². The van der Waals surface area contributed by atoms with E-state index in [9.17, 15) is 20.0 Å². The molecule has 0 radical (unpaired) electrons. The molecule has 1 rings (SSSR count). The van der Waals surface area contributed by atoms with Crippen LogP contribution in [0.15, 0.2) is 30.9 Å². The minimum atomic E-state index is -1.12. The summed E-state index contributed by atoms with van der Waals surface area (Å²) in [6.07, 6.45) is 1.63. The first-order valence-corrected chi connectivity index (χ1v) is 6.08. The van der Waals surface area contributed by atoms with Gasteiger partial charge in [-0.15, -0.1) is 6.58 Å². The van der Waals surface area contributed by atoms with Gasteiger partial charge in [-0.25, -0.2) is 4.79 Å². The number of hydrogen-bond donors (Lipinski definition) is 1. The molecule has 0 atom stereocenters. The zero-order valence-corrected chi connectivity index (χ0v) is 11.8. The molecule has 0 saturated carbocycles. The van der Waals surface area contributed by atoms with E-state index in [2.05, 4.69) is 6.58 Å². The summed E-state index contributed by atoms with van der Waals surface area (Å²) in [5.74, 6) is -1.12. The van der Waals surface area contributed by atoms with Gasteiger partial charge in [0.05, 0.1) is 16.2 Å². The molecule has 1 N–H and O–H groups in total. The van der Waals surface area contributed by atoms with Gasteiger partial charge in [0.1, 0.15) is 0 Å². The van der Waals surface area contributed by atoms with E-state index in [-0.39, 0.29) is 11.3 Å². The smallest absolute Gasteiger partial charge is 0.337 e. The summed E-state index contributed by atoms with van der Waals surface area (Å²) in [6, 6.07) is 3.75. The monoisotopic (exact) mass is 278 g/mol. The fraction of sp³-hybridized carbons (Fsp3) is 0.357. The van der Waals surface area contributed by atoms with Crippen LogP contribution >= 0.6 is 0 Å². The van der Waals surface area contributed by atoms with Gasteiger partial charge in [0.2, 0.25) is 0 Å². The Morgan fingerprint density at radius 2 is 2.10 bits per heavy atom. The number of carboxylic acids is 1. The van der Waals surface area contributed by atoms with E-state index in [1.165, 1.54) is 18.2 Å². The number of rotatable bonds is 5. The highest BCUT2D eigenvalue weighted by atomic mass is 16.6. The summed E-state index contributed by atoms with van der Waals surface area (Å²) in [5, 5.41) is 20.1. The van der Waals surface area contributed by atoms with Crippen molar-refractivity contribution in [1.29, 1.82) is 0 Å². The topological polar surface area (TPSA) is 83.7 Å². The van der Waals surface area contributed by atoms with Crippen LogP contribution in [0.1, 0.15) is 31.1 Å². The van der Waals surface area contributed by atoms with Gasteiger partial charge < -0.3 is 10.0 Å². The van der Waals surface area contributed by atoms with Gasteiger partial charge in [-0.3, -0.25) is 10.1 Å². The Bertz CT molecular complexity index is 547. The predicted molar refractivity (Wildman–Crippen MR) is 77.4 cm³/mol. The summed E-state index contributed by atoms with van der Waals surface area (Å²) in [5.41, 5.74) is -0.178. The number of hydrogen-bond acceptors (Lipinski definition) is 4. The van der Waals surface area contributed by atoms with Crippen LogP contribution in [0.25, 0.3) is 0 Å². The number of non-ortho nitro benzene ring substituents is 1. The lowest BCUT2D eigenvalue weighted by Crippen LogP contribution is -2.42. The van der Waals surface area contributed by atoms with Crippen LogP contribution in [0.3, 0.4) is 0 Å². The third-order valence-electron chi connectivity index (χ3n) is 2.83. The molecule has 20 heavy (non-hydrogen) atoms. The van der Waals surface area contributed by atoms with Crippen molar-refractivity contribution < 1.29 is 14.8 Å². The van der Waals surface area contributed by atoms with Gasteiger partial charge in [0.15, 0.2) is 0 Å². The summed E-state index contributed by atoms with van der Waals surface area (Å²) in [4.78, 5) is 23.4. The van der Waals surface area contributed by atoms with Crippen molar-refractivity contribution in [1.82, 2.24) is 0 Å². The average molecular weight is 278 g/mol. The van der Waals surface area contributed by atoms with Crippen molar-refractivity contribution >= 4 is 17.3 Å². The van der Waals surface area contributed by atoms with Crippen molar-refractivity contribution in [2.75, 3.05) is 11.4 Å². The molecule has 0 fully saturated rings. The van der Waals surface area contributed by atoms with Crippen LogP contribution in [0.5, 0.6) is 0 Å². The third kappa shape index (κ3) is 3.34. The SMILES string of the molecule is C=CCN(c1cc([N+](=O)[O-])ccc1C(=O)O)C(C)(C)C. The normalized spacial score (nSPS) is 10.9. The van der Waals surface area contributed by atoms with Crippen molar-refractivity contribution in [3.8, 4) is 0 Å². The Balaban J connectivity index is 3.50. The molecule has 1 aromatic rings. The number of nitro benzene ring substituents is 1. The number of aromatic carboxylic acids is 1. The average Bonchev–Trinajstić information content (AvgIpc) is 2.33. The summed E-state index contributed by atoms with van der Waals surface area (Å²) in [6.45, 7) is 9.75. The molecule has 0 saturated heterocycles. The Hall–Kier alpha value is -2.37. The van der Waals surface area contributed by atoms with Crippen molar-refractivity contribution in [2.45, 2.75) is 26.3 Å². The van der Waals surface area contributed by atoms with Crippen LogP contribution in [-0.2, 0) is 0 Å². The summed E-state index contributed by atoms with van der Waals surface area (Å²) >= 11 is 0. The summed E-state index contributed by atoms with van der Waals surface area (Å²) < 4.78 is 0. The molecule has 0 amide bonds. The number of anilines is 1. The highest BCUT2D eigenvalue weighted by molar-refractivity contribution is 5.95. The standard InChI is InChI=1S/C14H18N2O4/c1-5-8-15(14(2,3)4)12-9-10(16(19)20)6-7-11(12)13(17)18/h5-7,9H,1,8H2,2-4H3,(H,17,18). The molecule has 0 unspecified atom stereocenters. The first-order valence-electron chi connectivity index (χ1n) is 6.08. The number of carbonyl (C=O) groups is 1. The van der Waals surface area contributed by atoms with Gasteiger partial charge in [-0.2, -0.15) is 0 Å². The minimum Gasteiger partial charge on any atom is -0.478 e. The van der Waals surface area contributed by atoms with E-state index in [4.69, 9.17) is 0 Å². The molecule has 108 valence electrons. The lowest BCUT2D eigenvalue weighted by atomic mass is 10.0. The van der Waals surface area contributed by atoms with Crippen LogP contribution in [0.2, 0.25) is 0 Å². The second-order valence-corrected chi connectivity index (χ2v) is 5.33. The fourth-order valence-corrected chi connectivity index (χ4v) is 1.90. The quantitative estimate of drug-likeness (QED) is 0.508. The molecule has 6 nitrogen and oxygen atoms in total. The number of nitro groups is 1. The van der Waals surface area contributed by atoms with E-state index < -0.39 is 16.4 Å². The Labute approximate surface area is 117 Å². The maximum atomic E-state index is 11.3. The third-order valence-corrected chi connectivity index (χ3v) is 2.83. The van der Waals surface area contributed by atoms with E-state index in [1.54, 1.807) is 11.0 Å². The second kappa shape index (κ2) is 5.73. The minimum absolute atomic E-state index is 0.0346. The van der Waals surface area contributed by atoms with E-state index in [0.717, 1.165) is 0 Å². The molecule has 1 aromatic carbocycles. The highest BCUT2D eigenvalue weighted by Gasteiger charge is 2.26. The zero-order valence-electron chi connectivity index (χ0n) is 11.8. The van der Waals surface area contributed by atoms with Gasteiger partial charge >= 0.3 is 5.97 Å². The molecule has 6 heteroatoms. The Kier molecular flexibility index (Phi) is 4.49. The maximum Gasteiger partial charge on any atom is 0.337 e. The van der Waals surface area contributed by atoms with E-state index in [1.807, 2.05) is 20.8 Å². The number of carboxylic acid groups (broad SMARTS) is 1. The largest absolute Gasteiger partial charge is 0.478 e. The van der Waals surface area contributed by atoms with Crippen molar-refractivity contribution in [3.63, 3.8) is 0 Å². The molecular formula is C14H18N2O4. The molecule has 0 bridgehead atoms. The van der Waals surface area contributed by atoms with Gasteiger partial charge in [0, 0.05) is 24.2 Å². The van der Waals surface area contributed by atoms with Crippen molar-refractivity contribution in [3.05, 3.63) is 46.5 Å². The predicted octanol–water partition coefficient (Wildman–Crippen LogP) is 3.08. The second-order valence-electron chi connectivity index (χ2n) is 5.33. The van der Waals surface area contributed by atoms with Crippen LogP contribution in [-0.4, -0.2) is 28.1 Å². The molecule has 0 heterocycles. The molecule has 0 aliphatic heterocycles. The molecule has 0 aromatic heterocycles. The fourth-order valence-electron chi connectivity index (χ4n) is 1.90. The molecular weight excluding hydrogens is 260 g/mol. The highest BCUT2D eigenvalue weighted by Crippen LogP contribution is 2.31. The lowest BCUT2D eigenvalue weighted by molar-refractivity contribution is -0.384. The Morgan fingerprint density at radius 3 is 2.50 bits per heavy atom. The molecule has 0 aliphatic rings. The maximum absolute atomic E-state index is 11.3. The Morgan fingerprint density at radius 1 is 1.50 bits per heavy atom. The van der Waals surface area contributed by atoms with Gasteiger partial charge in [0.25, 0.3) is 5.69 Å². The lowest BCUT2D eigenvalue weighted by Gasteiger charge is -2.37. The number of nitrogens with zero attached hydrogens (tertiary/aromatic N) is 2. The van der Waals surface area contributed by atoms with E-state index in [0.29, 0.717) is 12.2 Å².